The van der Waals surface area contributed by atoms with E-state index in [2.05, 4.69) is 20.2 Å². The number of aromatic nitrogens is 5. The molecule has 0 unspecified atom stereocenters. The third-order valence-electron chi connectivity index (χ3n) is 3.14. The summed E-state index contributed by atoms with van der Waals surface area (Å²) < 4.78 is 12.6. The maximum Gasteiger partial charge on any atom is 0.261 e. The minimum atomic E-state index is 0.318. The van der Waals surface area contributed by atoms with Gasteiger partial charge in [-0.05, 0) is 26.3 Å². The number of hydrogen-bond acceptors (Lipinski definition) is 6. The monoisotopic (exact) mass is 273 g/mol. The lowest BCUT2D eigenvalue weighted by molar-refractivity contribution is 0.275. The number of nitrogens with zero attached hydrogens (tertiary/aromatic N) is 5. The van der Waals surface area contributed by atoms with Crippen molar-refractivity contribution in [3.8, 4) is 5.88 Å². The van der Waals surface area contributed by atoms with Crippen LogP contribution in [0.15, 0.2) is 16.9 Å². The van der Waals surface area contributed by atoms with E-state index < -0.39 is 0 Å². The number of hydrogen-bond donors (Lipinski definition) is 0. The number of rotatable bonds is 4. The number of aryl methyl sites for hydroxylation is 3. The van der Waals surface area contributed by atoms with Crippen molar-refractivity contribution in [2.45, 2.75) is 33.9 Å². The highest BCUT2D eigenvalue weighted by molar-refractivity contribution is 5.80. The second kappa shape index (κ2) is 4.92. The van der Waals surface area contributed by atoms with Gasteiger partial charge >= 0.3 is 0 Å². The highest BCUT2D eigenvalue weighted by atomic mass is 16.5. The smallest absolute Gasteiger partial charge is 0.261 e. The van der Waals surface area contributed by atoms with E-state index in [1.807, 2.05) is 26.8 Å². The van der Waals surface area contributed by atoms with Gasteiger partial charge in [-0.1, -0.05) is 5.16 Å². The van der Waals surface area contributed by atoms with Crippen molar-refractivity contribution in [3.63, 3.8) is 0 Å². The molecule has 0 spiro atoms. The van der Waals surface area contributed by atoms with Crippen LogP contribution in [0.2, 0.25) is 0 Å². The molecule has 7 nitrogen and oxygen atoms in total. The lowest BCUT2D eigenvalue weighted by atomic mass is 10.2. The van der Waals surface area contributed by atoms with Crippen LogP contribution in [0.3, 0.4) is 0 Å². The SMILES string of the molecule is CCn1ncnc1COc1cc(C)c2c(C)noc2n1. The lowest BCUT2D eigenvalue weighted by Gasteiger charge is -2.06. The van der Waals surface area contributed by atoms with E-state index in [4.69, 9.17) is 9.26 Å². The number of fused-ring (bicyclic) bond motifs is 1. The Hall–Kier alpha value is -2.44. The van der Waals surface area contributed by atoms with E-state index in [-0.39, 0.29) is 0 Å². The van der Waals surface area contributed by atoms with Gasteiger partial charge < -0.3 is 9.26 Å². The third-order valence-corrected chi connectivity index (χ3v) is 3.14. The molecule has 0 radical (unpaired) electrons. The average Bonchev–Trinajstić information content (AvgIpc) is 3.03. The summed E-state index contributed by atoms with van der Waals surface area (Å²) in [6, 6.07) is 1.87. The molecule has 0 bridgehead atoms. The van der Waals surface area contributed by atoms with Gasteiger partial charge in [0.15, 0.2) is 5.82 Å². The molecular formula is C13H15N5O2. The Morgan fingerprint density at radius 1 is 1.35 bits per heavy atom. The molecule has 7 heteroatoms. The normalized spacial score (nSPS) is 11.2. The molecule has 0 amide bonds. The molecule has 0 saturated carbocycles. The summed E-state index contributed by atoms with van der Waals surface area (Å²) in [4.78, 5) is 8.46. The van der Waals surface area contributed by atoms with Gasteiger partial charge in [0.05, 0.1) is 11.1 Å². The Labute approximate surface area is 115 Å². The van der Waals surface area contributed by atoms with Crippen LogP contribution in [0.4, 0.5) is 0 Å². The topological polar surface area (TPSA) is 78.9 Å². The Morgan fingerprint density at radius 3 is 3.00 bits per heavy atom. The van der Waals surface area contributed by atoms with Crippen LogP contribution in [-0.2, 0) is 13.2 Å². The van der Waals surface area contributed by atoms with Gasteiger partial charge in [-0.25, -0.2) is 9.67 Å². The van der Waals surface area contributed by atoms with Gasteiger partial charge in [-0.15, -0.1) is 0 Å². The molecule has 3 aromatic heterocycles. The highest BCUT2D eigenvalue weighted by Crippen LogP contribution is 2.24. The molecule has 0 atom stereocenters. The Morgan fingerprint density at radius 2 is 2.20 bits per heavy atom. The van der Waals surface area contributed by atoms with E-state index >= 15 is 0 Å². The Kier molecular flexibility index (Phi) is 3.09. The molecule has 3 aromatic rings. The first-order chi connectivity index (χ1) is 9.69. The molecule has 0 fully saturated rings. The minimum Gasteiger partial charge on any atom is -0.469 e. The molecule has 0 aliphatic carbocycles. The highest BCUT2D eigenvalue weighted by Gasteiger charge is 2.12. The van der Waals surface area contributed by atoms with Gasteiger partial charge in [-0.2, -0.15) is 10.1 Å². The molecule has 20 heavy (non-hydrogen) atoms. The van der Waals surface area contributed by atoms with E-state index in [9.17, 15) is 0 Å². The summed E-state index contributed by atoms with van der Waals surface area (Å²) in [5.74, 6) is 1.26. The van der Waals surface area contributed by atoms with Crippen LogP contribution in [0.5, 0.6) is 5.88 Å². The first-order valence-electron chi connectivity index (χ1n) is 6.42. The molecule has 0 N–H and O–H groups in total. The largest absolute Gasteiger partial charge is 0.469 e. The third kappa shape index (κ3) is 2.11. The fourth-order valence-electron chi connectivity index (χ4n) is 2.15. The van der Waals surface area contributed by atoms with Crippen molar-refractivity contribution in [2.24, 2.45) is 0 Å². The van der Waals surface area contributed by atoms with Crippen molar-refractivity contribution in [3.05, 3.63) is 29.5 Å². The van der Waals surface area contributed by atoms with Crippen LogP contribution in [-0.4, -0.2) is 24.9 Å². The van der Waals surface area contributed by atoms with Gasteiger partial charge in [-0.3, -0.25) is 0 Å². The molecular weight excluding hydrogens is 258 g/mol. The lowest BCUT2D eigenvalue weighted by Crippen LogP contribution is -2.07. The van der Waals surface area contributed by atoms with Crippen molar-refractivity contribution >= 4 is 11.1 Å². The fraction of sp³-hybridized carbons (Fsp3) is 0.385. The van der Waals surface area contributed by atoms with E-state index in [1.54, 1.807) is 4.68 Å². The zero-order valence-corrected chi connectivity index (χ0v) is 11.6. The van der Waals surface area contributed by atoms with Gasteiger partial charge in [0.1, 0.15) is 12.9 Å². The summed E-state index contributed by atoms with van der Waals surface area (Å²) in [6.45, 7) is 6.95. The second-order valence-electron chi connectivity index (χ2n) is 4.51. The summed E-state index contributed by atoms with van der Waals surface area (Å²) in [7, 11) is 0. The first-order valence-corrected chi connectivity index (χ1v) is 6.42. The average molecular weight is 273 g/mol. The maximum atomic E-state index is 5.67. The Bertz CT molecular complexity index is 746. The number of pyridine rings is 1. The van der Waals surface area contributed by atoms with Gasteiger partial charge in [0.2, 0.25) is 5.88 Å². The summed E-state index contributed by atoms with van der Waals surface area (Å²) >= 11 is 0. The summed E-state index contributed by atoms with van der Waals surface area (Å²) in [5.41, 5.74) is 2.36. The molecule has 3 rings (SSSR count). The second-order valence-corrected chi connectivity index (χ2v) is 4.51. The predicted octanol–water partition coefficient (Wildman–Crippen LogP) is 2.03. The van der Waals surface area contributed by atoms with Crippen molar-refractivity contribution in [1.82, 2.24) is 24.9 Å². The first kappa shape index (κ1) is 12.6. The molecule has 0 aromatic carbocycles. The fourth-order valence-corrected chi connectivity index (χ4v) is 2.15. The maximum absolute atomic E-state index is 5.67. The van der Waals surface area contributed by atoms with Crippen LogP contribution in [0.25, 0.3) is 11.1 Å². The van der Waals surface area contributed by atoms with Crippen molar-refractivity contribution in [1.29, 1.82) is 0 Å². The molecule has 104 valence electrons. The zero-order valence-electron chi connectivity index (χ0n) is 11.6. The standard InChI is InChI=1S/C13H15N5O2/c1-4-18-10(14-7-15-18)6-19-11-5-8(2)12-9(3)17-20-13(12)16-11/h5,7H,4,6H2,1-3H3. The van der Waals surface area contributed by atoms with Gasteiger partial charge in [0.25, 0.3) is 5.71 Å². The minimum absolute atomic E-state index is 0.318. The van der Waals surface area contributed by atoms with E-state index in [0.29, 0.717) is 18.2 Å². The molecule has 0 aliphatic rings. The summed E-state index contributed by atoms with van der Waals surface area (Å²) in [6.07, 6.45) is 1.52. The number of ether oxygens (including phenoxy) is 1. The van der Waals surface area contributed by atoms with Crippen LogP contribution < -0.4 is 4.74 Å². The molecule has 3 heterocycles. The molecule has 0 saturated heterocycles. The van der Waals surface area contributed by atoms with Crippen LogP contribution in [0.1, 0.15) is 24.0 Å². The van der Waals surface area contributed by atoms with Gasteiger partial charge in [0, 0.05) is 12.6 Å². The quantitative estimate of drug-likeness (QED) is 0.723. The predicted molar refractivity (Wildman–Crippen MR) is 71.3 cm³/mol. The zero-order chi connectivity index (χ0) is 14.1. The Balaban J connectivity index is 1.84. The summed E-state index contributed by atoms with van der Waals surface area (Å²) in [5, 5.41) is 8.95. The van der Waals surface area contributed by atoms with Crippen molar-refractivity contribution in [2.75, 3.05) is 0 Å². The molecule has 0 aliphatic heterocycles. The van der Waals surface area contributed by atoms with E-state index in [0.717, 1.165) is 29.0 Å². The van der Waals surface area contributed by atoms with Crippen molar-refractivity contribution < 1.29 is 9.26 Å². The van der Waals surface area contributed by atoms with Crippen LogP contribution in [0, 0.1) is 13.8 Å². The van der Waals surface area contributed by atoms with Crippen LogP contribution >= 0.6 is 0 Å². The van der Waals surface area contributed by atoms with E-state index in [1.165, 1.54) is 6.33 Å².